The van der Waals surface area contributed by atoms with Gasteiger partial charge in [0.2, 0.25) is 0 Å². The van der Waals surface area contributed by atoms with E-state index in [9.17, 15) is 4.79 Å². The minimum Gasteiger partial charge on any atom is -0.466 e. The SMILES string of the molecule is CCOC(=O)CC(C)(C)NC[C@@H]1C[C@@H]1c1ccccc1. The van der Waals surface area contributed by atoms with E-state index in [4.69, 9.17) is 4.74 Å². The van der Waals surface area contributed by atoms with Crippen LogP contribution in [-0.4, -0.2) is 24.7 Å². The van der Waals surface area contributed by atoms with E-state index in [2.05, 4.69) is 49.5 Å². The van der Waals surface area contributed by atoms with Crippen molar-refractivity contribution in [1.82, 2.24) is 5.32 Å². The highest BCUT2D eigenvalue weighted by Crippen LogP contribution is 2.47. The van der Waals surface area contributed by atoms with Gasteiger partial charge in [0.05, 0.1) is 13.0 Å². The fraction of sp³-hybridized carbons (Fsp3) is 0.588. The molecule has 0 bridgehead atoms. The van der Waals surface area contributed by atoms with Crippen LogP contribution in [0.15, 0.2) is 30.3 Å². The molecule has 110 valence electrons. The molecule has 2 rings (SSSR count). The molecule has 0 spiro atoms. The number of benzene rings is 1. The molecule has 0 amide bonds. The third-order valence-corrected chi connectivity index (χ3v) is 3.88. The molecule has 1 fully saturated rings. The highest BCUT2D eigenvalue weighted by Gasteiger charge is 2.38. The van der Waals surface area contributed by atoms with Gasteiger partial charge in [-0.1, -0.05) is 30.3 Å². The van der Waals surface area contributed by atoms with Gasteiger partial charge in [-0.05, 0) is 51.1 Å². The van der Waals surface area contributed by atoms with E-state index in [-0.39, 0.29) is 11.5 Å². The van der Waals surface area contributed by atoms with Gasteiger partial charge >= 0.3 is 5.97 Å². The Kier molecular flexibility index (Phi) is 4.81. The van der Waals surface area contributed by atoms with Crippen LogP contribution in [0, 0.1) is 5.92 Å². The van der Waals surface area contributed by atoms with Crippen LogP contribution in [0.1, 0.15) is 45.1 Å². The quantitative estimate of drug-likeness (QED) is 0.777. The van der Waals surface area contributed by atoms with Gasteiger partial charge in [0.15, 0.2) is 0 Å². The van der Waals surface area contributed by atoms with Crippen LogP contribution in [0.3, 0.4) is 0 Å². The van der Waals surface area contributed by atoms with Gasteiger partial charge in [-0.3, -0.25) is 4.79 Å². The first-order valence-electron chi connectivity index (χ1n) is 7.47. The van der Waals surface area contributed by atoms with Crippen molar-refractivity contribution in [3.8, 4) is 0 Å². The van der Waals surface area contributed by atoms with E-state index in [0.717, 1.165) is 6.54 Å². The molecule has 1 aromatic rings. The number of carbonyl (C=O) groups is 1. The maximum atomic E-state index is 11.5. The van der Waals surface area contributed by atoms with Crippen molar-refractivity contribution < 1.29 is 9.53 Å². The highest BCUT2D eigenvalue weighted by molar-refractivity contribution is 5.70. The summed E-state index contributed by atoms with van der Waals surface area (Å²) in [5.41, 5.74) is 1.23. The van der Waals surface area contributed by atoms with Crippen LogP contribution >= 0.6 is 0 Å². The Bertz CT molecular complexity index is 442. The molecule has 3 nitrogen and oxygen atoms in total. The molecule has 3 heteroatoms. The molecule has 0 unspecified atom stereocenters. The number of carbonyl (C=O) groups excluding carboxylic acids is 1. The second-order valence-electron chi connectivity index (χ2n) is 6.26. The van der Waals surface area contributed by atoms with E-state index >= 15 is 0 Å². The van der Waals surface area contributed by atoms with Gasteiger partial charge in [0.25, 0.3) is 0 Å². The van der Waals surface area contributed by atoms with Gasteiger partial charge in [-0.2, -0.15) is 0 Å². The second kappa shape index (κ2) is 6.40. The molecular formula is C17H25NO2. The number of ether oxygens (including phenoxy) is 1. The summed E-state index contributed by atoms with van der Waals surface area (Å²) in [5.74, 6) is 1.25. The Hall–Kier alpha value is -1.35. The predicted octanol–water partition coefficient (Wildman–Crippen LogP) is 3.11. The van der Waals surface area contributed by atoms with E-state index in [1.54, 1.807) is 0 Å². The van der Waals surface area contributed by atoms with Gasteiger partial charge < -0.3 is 10.1 Å². The van der Waals surface area contributed by atoms with Crippen molar-refractivity contribution in [3.05, 3.63) is 35.9 Å². The Morgan fingerprint density at radius 3 is 2.70 bits per heavy atom. The molecule has 1 aliphatic carbocycles. The van der Waals surface area contributed by atoms with Crippen molar-refractivity contribution in [3.63, 3.8) is 0 Å². The smallest absolute Gasteiger partial charge is 0.307 e. The largest absolute Gasteiger partial charge is 0.466 e. The van der Waals surface area contributed by atoms with E-state index in [1.165, 1.54) is 12.0 Å². The minimum absolute atomic E-state index is 0.125. The minimum atomic E-state index is -0.198. The molecular weight excluding hydrogens is 250 g/mol. The molecule has 0 aliphatic heterocycles. The molecule has 20 heavy (non-hydrogen) atoms. The van der Waals surface area contributed by atoms with Gasteiger partial charge in [-0.25, -0.2) is 0 Å². The third kappa shape index (κ3) is 4.34. The van der Waals surface area contributed by atoms with E-state index < -0.39 is 0 Å². The second-order valence-corrected chi connectivity index (χ2v) is 6.26. The highest BCUT2D eigenvalue weighted by atomic mass is 16.5. The molecule has 1 N–H and O–H groups in total. The summed E-state index contributed by atoms with van der Waals surface area (Å²) < 4.78 is 5.01. The summed E-state index contributed by atoms with van der Waals surface area (Å²) in [5, 5.41) is 3.51. The first-order valence-corrected chi connectivity index (χ1v) is 7.47. The lowest BCUT2D eigenvalue weighted by Gasteiger charge is -2.25. The lowest BCUT2D eigenvalue weighted by Crippen LogP contribution is -2.42. The zero-order valence-electron chi connectivity index (χ0n) is 12.7. The Morgan fingerprint density at radius 2 is 2.05 bits per heavy atom. The molecule has 1 aliphatic rings. The molecule has 0 saturated heterocycles. The van der Waals surface area contributed by atoms with Gasteiger partial charge in [-0.15, -0.1) is 0 Å². The first-order chi connectivity index (χ1) is 9.52. The summed E-state index contributed by atoms with van der Waals surface area (Å²) in [6.07, 6.45) is 1.66. The van der Waals surface area contributed by atoms with Crippen molar-refractivity contribution in [2.24, 2.45) is 5.92 Å². The van der Waals surface area contributed by atoms with E-state index in [1.807, 2.05) is 6.92 Å². The zero-order valence-corrected chi connectivity index (χ0v) is 12.7. The van der Waals surface area contributed by atoms with Crippen LogP contribution < -0.4 is 5.32 Å². The average Bonchev–Trinajstić information content (AvgIpc) is 3.17. The maximum Gasteiger partial charge on any atom is 0.307 e. The van der Waals surface area contributed by atoms with Crippen LogP contribution in [0.2, 0.25) is 0 Å². The predicted molar refractivity (Wildman–Crippen MR) is 80.6 cm³/mol. The fourth-order valence-electron chi connectivity index (χ4n) is 2.62. The van der Waals surface area contributed by atoms with Crippen LogP contribution in [0.25, 0.3) is 0 Å². The molecule has 0 heterocycles. The van der Waals surface area contributed by atoms with E-state index in [0.29, 0.717) is 24.9 Å². The molecule has 1 saturated carbocycles. The number of hydrogen-bond donors (Lipinski definition) is 1. The van der Waals surface area contributed by atoms with Crippen molar-refractivity contribution >= 4 is 5.97 Å². The Balaban J connectivity index is 1.75. The van der Waals surface area contributed by atoms with Crippen molar-refractivity contribution in [2.45, 2.75) is 45.1 Å². The van der Waals surface area contributed by atoms with Gasteiger partial charge in [0, 0.05) is 5.54 Å². The van der Waals surface area contributed by atoms with Crippen molar-refractivity contribution in [1.29, 1.82) is 0 Å². The summed E-state index contributed by atoms with van der Waals surface area (Å²) in [6, 6.07) is 10.7. The topological polar surface area (TPSA) is 38.3 Å². The van der Waals surface area contributed by atoms with Crippen LogP contribution in [-0.2, 0) is 9.53 Å². The summed E-state index contributed by atoms with van der Waals surface area (Å²) in [7, 11) is 0. The van der Waals surface area contributed by atoms with Crippen LogP contribution in [0.4, 0.5) is 0 Å². The molecule has 2 atom stereocenters. The molecule has 0 radical (unpaired) electrons. The summed E-state index contributed by atoms with van der Waals surface area (Å²) in [4.78, 5) is 11.5. The third-order valence-electron chi connectivity index (χ3n) is 3.88. The number of hydrogen-bond acceptors (Lipinski definition) is 3. The van der Waals surface area contributed by atoms with Crippen molar-refractivity contribution in [2.75, 3.05) is 13.2 Å². The number of esters is 1. The first kappa shape index (κ1) is 15.0. The maximum absolute atomic E-state index is 11.5. The standard InChI is InChI=1S/C17H25NO2/c1-4-20-16(19)11-17(2,3)18-12-14-10-15(14)13-8-6-5-7-9-13/h5-9,14-15,18H,4,10-12H2,1-3H3/t14-,15+/m0/s1. The Labute approximate surface area is 121 Å². The number of rotatable bonds is 7. The lowest BCUT2D eigenvalue weighted by atomic mass is 10.0. The monoisotopic (exact) mass is 275 g/mol. The lowest BCUT2D eigenvalue weighted by molar-refractivity contribution is -0.144. The zero-order chi connectivity index (χ0) is 14.6. The molecule has 0 aromatic heterocycles. The molecule has 1 aromatic carbocycles. The van der Waals surface area contributed by atoms with Crippen LogP contribution in [0.5, 0.6) is 0 Å². The Morgan fingerprint density at radius 1 is 1.35 bits per heavy atom. The normalized spacial score (nSPS) is 21.6. The summed E-state index contributed by atoms with van der Waals surface area (Å²) >= 11 is 0. The average molecular weight is 275 g/mol. The van der Waals surface area contributed by atoms with Gasteiger partial charge in [0.1, 0.15) is 0 Å². The fourth-order valence-corrected chi connectivity index (χ4v) is 2.62. The summed E-state index contributed by atoms with van der Waals surface area (Å²) in [6.45, 7) is 7.38. The number of nitrogens with one attached hydrogen (secondary N) is 1.